The van der Waals surface area contributed by atoms with E-state index in [0.29, 0.717) is 18.0 Å². The molecule has 162 valence electrons. The number of aromatic nitrogens is 1. The Kier molecular flexibility index (Phi) is 6.41. The Morgan fingerprint density at radius 2 is 2.07 bits per heavy atom. The lowest BCUT2D eigenvalue weighted by molar-refractivity contribution is -0.0811. The summed E-state index contributed by atoms with van der Waals surface area (Å²) >= 11 is 1.33. The molecule has 1 aliphatic carbocycles. The third-order valence-electron chi connectivity index (χ3n) is 6.50. The normalized spacial score (nSPS) is 28.3. The molecule has 0 unspecified atom stereocenters. The zero-order valence-electron chi connectivity index (χ0n) is 17.4. The molecule has 1 aromatic heterocycles. The minimum Gasteiger partial charge on any atom is -0.493 e. The SMILES string of the molecule is CCc1ccc(OC[C@@H]2[C@H]3CC[C@H](c4nc(C(=O)O)cs4)O[C@H]3C[C@@H]2O)cc1CC. The first-order valence-corrected chi connectivity index (χ1v) is 11.6. The molecule has 1 saturated carbocycles. The van der Waals surface area contributed by atoms with E-state index in [-0.39, 0.29) is 29.7 Å². The lowest BCUT2D eigenvalue weighted by atomic mass is 9.87. The van der Waals surface area contributed by atoms with Crippen molar-refractivity contribution in [3.63, 3.8) is 0 Å². The van der Waals surface area contributed by atoms with Crippen molar-refractivity contribution in [3.05, 3.63) is 45.4 Å². The van der Waals surface area contributed by atoms with Crippen molar-refractivity contribution in [2.45, 2.75) is 64.3 Å². The number of ether oxygens (including phenoxy) is 2. The number of nitrogens with zero attached hydrogens (tertiary/aromatic N) is 1. The van der Waals surface area contributed by atoms with Crippen LogP contribution in [0.3, 0.4) is 0 Å². The van der Waals surface area contributed by atoms with Crippen molar-refractivity contribution < 1.29 is 24.5 Å². The number of hydrogen-bond acceptors (Lipinski definition) is 6. The van der Waals surface area contributed by atoms with Gasteiger partial charge in [0.05, 0.1) is 18.8 Å². The van der Waals surface area contributed by atoms with Gasteiger partial charge in [0.2, 0.25) is 0 Å². The number of thiazole rings is 1. The number of aliphatic hydroxyl groups excluding tert-OH is 1. The first-order valence-electron chi connectivity index (χ1n) is 10.8. The highest BCUT2D eigenvalue weighted by Gasteiger charge is 2.47. The molecule has 2 N–H and O–H groups in total. The topological polar surface area (TPSA) is 88.9 Å². The van der Waals surface area contributed by atoms with E-state index in [0.717, 1.165) is 31.4 Å². The average molecular weight is 432 g/mol. The molecule has 2 fully saturated rings. The van der Waals surface area contributed by atoms with Crippen LogP contribution in [0.5, 0.6) is 5.75 Å². The highest BCUT2D eigenvalue weighted by Crippen LogP contribution is 2.46. The Balaban J connectivity index is 1.38. The lowest BCUT2D eigenvalue weighted by Gasteiger charge is -2.33. The van der Waals surface area contributed by atoms with E-state index < -0.39 is 12.1 Å². The molecule has 2 aromatic rings. The summed E-state index contributed by atoms with van der Waals surface area (Å²) in [6.45, 7) is 4.79. The van der Waals surface area contributed by atoms with Crippen LogP contribution in [0.25, 0.3) is 0 Å². The molecular weight excluding hydrogens is 402 g/mol. The number of carboxylic acid groups (broad SMARTS) is 1. The maximum Gasteiger partial charge on any atom is 0.355 e. The van der Waals surface area contributed by atoms with Crippen molar-refractivity contribution in [1.82, 2.24) is 4.98 Å². The van der Waals surface area contributed by atoms with Crippen molar-refractivity contribution >= 4 is 17.3 Å². The minimum atomic E-state index is -1.02. The van der Waals surface area contributed by atoms with Crippen LogP contribution in [0.4, 0.5) is 0 Å². The summed E-state index contributed by atoms with van der Waals surface area (Å²) in [7, 11) is 0. The molecule has 0 spiro atoms. The summed E-state index contributed by atoms with van der Waals surface area (Å²) in [5.41, 5.74) is 2.73. The Bertz CT molecular complexity index is 897. The number of hydrogen-bond donors (Lipinski definition) is 2. The second kappa shape index (κ2) is 9.04. The van der Waals surface area contributed by atoms with Crippen molar-refractivity contribution in [1.29, 1.82) is 0 Å². The second-order valence-electron chi connectivity index (χ2n) is 8.20. The van der Waals surface area contributed by atoms with E-state index in [1.54, 1.807) is 5.38 Å². The fraction of sp³-hybridized carbons (Fsp3) is 0.565. The first-order chi connectivity index (χ1) is 14.5. The van der Waals surface area contributed by atoms with Crippen LogP contribution in [0, 0.1) is 11.8 Å². The van der Waals surface area contributed by atoms with Gasteiger partial charge < -0.3 is 19.7 Å². The van der Waals surface area contributed by atoms with Gasteiger partial charge in [-0.05, 0) is 54.9 Å². The molecule has 30 heavy (non-hydrogen) atoms. The van der Waals surface area contributed by atoms with Crippen LogP contribution in [0.15, 0.2) is 23.6 Å². The molecule has 2 aliphatic rings. The quantitative estimate of drug-likeness (QED) is 0.681. The number of fused-ring (bicyclic) bond motifs is 1. The first kappa shape index (κ1) is 21.3. The third kappa shape index (κ3) is 4.24. The minimum absolute atomic E-state index is 0.0396. The van der Waals surface area contributed by atoms with Crippen molar-refractivity contribution in [2.24, 2.45) is 11.8 Å². The molecule has 0 amide bonds. The zero-order chi connectivity index (χ0) is 21.3. The maximum atomic E-state index is 11.1. The van der Waals surface area contributed by atoms with Gasteiger partial charge in [0.15, 0.2) is 5.69 Å². The Hall–Kier alpha value is -1.96. The van der Waals surface area contributed by atoms with Gasteiger partial charge in [-0.3, -0.25) is 0 Å². The molecule has 0 radical (unpaired) electrons. The van der Waals surface area contributed by atoms with E-state index in [1.807, 2.05) is 6.07 Å². The maximum absolute atomic E-state index is 11.1. The fourth-order valence-electron chi connectivity index (χ4n) is 4.84. The summed E-state index contributed by atoms with van der Waals surface area (Å²) in [5, 5.41) is 22.0. The lowest BCUT2D eigenvalue weighted by Crippen LogP contribution is -2.33. The average Bonchev–Trinajstić information content (AvgIpc) is 3.36. The summed E-state index contributed by atoms with van der Waals surface area (Å²) in [5.74, 6) is 0.129. The number of rotatable bonds is 7. The van der Waals surface area contributed by atoms with Gasteiger partial charge >= 0.3 is 5.97 Å². The fourth-order valence-corrected chi connectivity index (χ4v) is 5.70. The largest absolute Gasteiger partial charge is 0.493 e. The van der Waals surface area contributed by atoms with E-state index in [2.05, 4.69) is 31.0 Å². The highest BCUT2D eigenvalue weighted by atomic mass is 32.1. The van der Waals surface area contributed by atoms with Crippen LogP contribution >= 0.6 is 11.3 Å². The summed E-state index contributed by atoms with van der Waals surface area (Å²) in [6.07, 6.45) is 3.58. The molecule has 1 aliphatic heterocycles. The van der Waals surface area contributed by atoms with Crippen LogP contribution in [-0.4, -0.2) is 40.0 Å². The molecular formula is C23H29NO5S. The van der Waals surface area contributed by atoms with Gasteiger partial charge in [0.1, 0.15) is 16.9 Å². The molecule has 1 aromatic carbocycles. The van der Waals surface area contributed by atoms with Gasteiger partial charge in [0, 0.05) is 17.7 Å². The second-order valence-corrected chi connectivity index (χ2v) is 9.09. The van der Waals surface area contributed by atoms with Gasteiger partial charge in [-0.25, -0.2) is 9.78 Å². The van der Waals surface area contributed by atoms with Crippen LogP contribution in [0.1, 0.15) is 65.8 Å². The smallest absolute Gasteiger partial charge is 0.355 e. The van der Waals surface area contributed by atoms with Crippen LogP contribution in [0.2, 0.25) is 0 Å². The number of carboxylic acids is 1. The van der Waals surface area contributed by atoms with Gasteiger partial charge in [-0.2, -0.15) is 0 Å². The number of aliphatic hydroxyl groups is 1. The molecule has 6 nitrogen and oxygen atoms in total. The zero-order valence-corrected chi connectivity index (χ0v) is 18.2. The molecule has 1 saturated heterocycles. The predicted octanol–water partition coefficient (Wildman–Crippen LogP) is 4.26. The van der Waals surface area contributed by atoms with Crippen LogP contribution in [-0.2, 0) is 17.6 Å². The summed E-state index contributed by atoms with van der Waals surface area (Å²) in [6, 6.07) is 6.27. The standard InChI is InChI=1S/C23H29NO5S/c1-3-13-5-6-15(9-14(13)4-2)28-11-17-16-7-8-20(29-21(16)10-19(17)25)22-24-18(12-30-22)23(26)27/h5-6,9,12,16-17,19-21,25H,3-4,7-8,10-11H2,1-2H3,(H,26,27)/t16-,17-,19+,20-,21+/m1/s1. The molecule has 0 bridgehead atoms. The van der Waals surface area contributed by atoms with Crippen molar-refractivity contribution in [2.75, 3.05) is 6.61 Å². The van der Waals surface area contributed by atoms with E-state index in [1.165, 1.54) is 22.5 Å². The van der Waals surface area contributed by atoms with Gasteiger partial charge in [-0.1, -0.05) is 19.9 Å². The van der Waals surface area contributed by atoms with Gasteiger partial charge in [-0.15, -0.1) is 11.3 Å². The Labute approximate surface area is 180 Å². The Morgan fingerprint density at radius 1 is 1.27 bits per heavy atom. The van der Waals surface area contributed by atoms with E-state index in [9.17, 15) is 9.90 Å². The molecule has 7 heteroatoms. The van der Waals surface area contributed by atoms with E-state index >= 15 is 0 Å². The molecule has 2 heterocycles. The highest BCUT2D eigenvalue weighted by molar-refractivity contribution is 7.09. The van der Waals surface area contributed by atoms with Crippen molar-refractivity contribution in [3.8, 4) is 5.75 Å². The summed E-state index contributed by atoms with van der Waals surface area (Å²) in [4.78, 5) is 15.3. The number of benzene rings is 1. The molecule has 4 rings (SSSR count). The summed E-state index contributed by atoms with van der Waals surface area (Å²) < 4.78 is 12.3. The number of aryl methyl sites for hydroxylation is 2. The van der Waals surface area contributed by atoms with Gasteiger partial charge in [0.25, 0.3) is 0 Å². The van der Waals surface area contributed by atoms with Crippen LogP contribution < -0.4 is 4.74 Å². The molecule has 5 atom stereocenters. The third-order valence-corrected chi connectivity index (χ3v) is 7.43. The Morgan fingerprint density at radius 3 is 2.77 bits per heavy atom. The number of carbonyl (C=O) groups is 1. The van der Waals surface area contributed by atoms with E-state index in [4.69, 9.17) is 14.6 Å². The number of aromatic carboxylic acids is 1. The monoisotopic (exact) mass is 431 g/mol. The predicted molar refractivity (Wildman–Crippen MR) is 114 cm³/mol.